The van der Waals surface area contributed by atoms with Crippen LogP contribution in [0.5, 0.6) is 0 Å². The van der Waals surface area contributed by atoms with Gasteiger partial charge >= 0.3 is 0 Å². The van der Waals surface area contributed by atoms with Gasteiger partial charge in [-0.05, 0) is 31.5 Å². The van der Waals surface area contributed by atoms with Crippen LogP contribution >= 0.6 is 0 Å². The van der Waals surface area contributed by atoms with E-state index in [0.717, 1.165) is 0 Å². The molecule has 0 aromatic carbocycles. The Balaban J connectivity index is 1.67. The Kier molecular flexibility index (Phi) is 4.44. The van der Waals surface area contributed by atoms with E-state index >= 15 is 0 Å². The molecule has 1 amide bonds. The molecule has 1 aliphatic heterocycles. The van der Waals surface area contributed by atoms with E-state index in [9.17, 15) is 9.90 Å². The molecule has 7 heteroatoms. The highest BCUT2D eigenvalue weighted by molar-refractivity contribution is 5.95. The number of pyridine rings is 1. The molecule has 0 unspecified atom stereocenters. The van der Waals surface area contributed by atoms with E-state index < -0.39 is 5.60 Å². The van der Waals surface area contributed by atoms with Crippen LogP contribution in [0.1, 0.15) is 22.5 Å². The largest absolute Gasteiger partial charge is 0.386 e. The summed E-state index contributed by atoms with van der Waals surface area (Å²) in [6, 6.07) is 5.26. The van der Waals surface area contributed by atoms with E-state index in [0.29, 0.717) is 36.7 Å². The average molecular weight is 327 g/mol. The maximum atomic E-state index is 12.6. The van der Waals surface area contributed by atoms with Gasteiger partial charge < -0.3 is 14.9 Å². The molecule has 1 fully saturated rings. The summed E-state index contributed by atoms with van der Waals surface area (Å²) in [6.45, 7) is 3.12. The number of β-amino-alcohol motifs (C(OH)–C–C–N with tert-alkyl or cyclic N) is 1. The third kappa shape index (κ3) is 3.35. The van der Waals surface area contributed by atoms with Crippen molar-refractivity contribution in [1.82, 2.24) is 19.9 Å². The number of carbonyl (C=O) groups excluding carboxylic acids is 1. The van der Waals surface area contributed by atoms with Crippen LogP contribution in [-0.2, 0) is 0 Å². The van der Waals surface area contributed by atoms with Crippen molar-refractivity contribution in [3.8, 4) is 0 Å². The van der Waals surface area contributed by atoms with Crippen LogP contribution in [0, 0.1) is 6.92 Å². The first kappa shape index (κ1) is 16.3. The molecular weight excluding hydrogens is 306 g/mol. The number of anilines is 1. The first-order valence-electron chi connectivity index (χ1n) is 7.90. The molecule has 0 radical (unpaired) electrons. The van der Waals surface area contributed by atoms with Gasteiger partial charge in [-0.2, -0.15) is 0 Å². The molecule has 0 saturated carbocycles. The Hall–Kier alpha value is -2.54. The minimum Gasteiger partial charge on any atom is -0.386 e. The fraction of sp³-hybridized carbons (Fsp3) is 0.412. The second-order valence-corrected chi connectivity index (χ2v) is 6.24. The van der Waals surface area contributed by atoms with Gasteiger partial charge in [0.25, 0.3) is 5.91 Å². The van der Waals surface area contributed by atoms with Crippen molar-refractivity contribution < 1.29 is 9.90 Å². The van der Waals surface area contributed by atoms with E-state index in [1.165, 1.54) is 0 Å². The quantitative estimate of drug-likeness (QED) is 0.898. The monoisotopic (exact) mass is 327 g/mol. The molecule has 126 valence electrons. The molecule has 7 nitrogen and oxygen atoms in total. The predicted molar refractivity (Wildman–Crippen MR) is 89.7 cm³/mol. The van der Waals surface area contributed by atoms with Crippen LogP contribution in [0.25, 0.3) is 0 Å². The number of likely N-dealkylation sites (N-methyl/N-ethyl adjacent to an activating group) is 1. The van der Waals surface area contributed by atoms with Gasteiger partial charge in [-0.25, -0.2) is 9.97 Å². The summed E-state index contributed by atoms with van der Waals surface area (Å²) in [4.78, 5) is 28.7. The number of nitrogens with zero attached hydrogens (tertiary/aromatic N) is 5. The van der Waals surface area contributed by atoms with E-state index in [1.807, 2.05) is 4.90 Å². The third-order valence-corrected chi connectivity index (χ3v) is 4.28. The van der Waals surface area contributed by atoms with E-state index in [4.69, 9.17) is 0 Å². The number of aliphatic hydroxyl groups is 1. The molecule has 0 aliphatic carbocycles. The standard InChI is InChI=1S/C17H21N5O2/c1-13-14(5-3-7-18-13)15(23)21(2)11-17(24)6-10-22(12-17)16-19-8-4-9-20-16/h3-5,7-9,24H,6,10-12H2,1-2H3/t17-/m1/s1. The topological polar surface area (TPSA) is 82.5 Å². The lowest BCUT2D eigenvalue weighted by Crippen LogP contribution is -2.46. The summed E-state index contributed by atoms with van der Waals surface area (Å²) in [5, 5.41) is 10.9. The summed E-state index contributed by atoms with van der Waals surface area (Å²) in [5.74, 6) is 0.467. The Bertz CT molecular complexity index is 724. The molecule has 0 spiro atoms. The van der Waals surface area contributed by atoms with Crippen LogP contribution in [0.4, 0.5) is 5.95 Å². The van der Waals surface area contributed by atoms with Gasteiger partial charge in [-0.3, -0.25) is 9.78 Å². The van der Waals surface area contributed by atoms with E-state index in [2.05, 4.69) is 15.0 Å². The fourth-order valence-electron chi connectivity index (χ4n) is 3.04. The highest BCUT2D eigenvalue weighted by Gasteiger charge is 2.39. The van der Waals surface area contributed by atoms with Crippen LogP contribution in [-0.4, -0.2) is 63.1 Å². The number of aromatic nitrogens is 3. The van der Waals surface area contributed by atoms with Crippen LogP contribution in [0.2, 0.25) is 0 Å². The average Bonchev–Trinajstić information content (AvgIpc) is 2.97. The maximum absolute atomic E-state index is 12.6. The fourth-order valence-corrected chi connectivity index (χ4v) is 3.04. The number of aryl methyl sites for hydroxylation is 1. The van der Waals surface area contributed by atoms with Gasteiger partial charge in [-0.15, -0.1) is 0 Å². The molecule has 24 heavy (non-hydrogen) atoms. The SMILES string of the molecule is Cc1ncccc1C(=O)N(C)C[C@]1(O)CCN(c2ncccn2)C1. The molecule has 1 N–H and O–H groups in total. The van der Waals surface area contributed by atoms with Crippen LogP contribution in [0.3, 0.4) is 0 Å². The van der Waals surface area contributed by atoms with Crippen molar-refractivity contribution in [2.24, 2.45) is 0 Å². The first-order chi connectivity index (χ1) is 11.5. The highest BCUT2D eigenvalue weighted by atomic mass is 16.3. The van der Waals surface area contributed by atoms with E-state index in [1.54, 1.807) is 55.7 Å². The van der Waals surface area contributed by atoms with Gasteiger partial charge in [-0.1, -0.05) is 0 Å². The first-order valence-corrected chi connectivity index (χ1v) is 7.90. The lowest BCUT2D eigenvalue weighted by Gasteiger charge is -2.29. The Morgan fingerprint density at radius 2 is 2.00 bits per heavy atom. The highest BCUT2D eigenvalue weighted by Crippen LogP contribution is 2.25. The summed E-state index contributed by atoms with van der Waals surface area (Å²) < 4.78 is 0. The van der Waals surface area contributed by atoms with Gasteiger partial charge in [0.2, 0.25) is 5.95 Å². The summed E-state index contributed by atoms with van der Waals surface area (Å²) >= 11 is 0. The normalized spacial score (nSPS) is 20.2. The van der Waals surface area contributed by atoms with Gasteiger partial charge in [0.05, 0.1) is 18.7 Å². The van der Waals surface area contributed by atoms with E-state index in [-0.39, 0.29) is 12.5 Å². The number of carbonyl (C=O) groups is 1. The molecule has 1 atom stereocenters. The molecule has 0 bridgehead atoms. The summed E-state index contributed by atoms with van der Waals surface area (Å²) in [7, 11) is 1.70. The van der Waals surface area contributed by atoms with Crippen LogP contribution < -0.4 is 4.90 Å². The van der Waals surface area contributed by atoms with Gasteiger partial charge in [0.1, 0.15) is 5.60 Å². The Labute approximate surface area is 141 Å². The predicted octanol–water partition coefficient (Wildman–Crippen LogP) is 0.893. The van der Waals surface area contributed by atoms with Gasteiger partial charge in [0.15, 0.2) is 0 Å². The number of hydrogen-bond donors (Lipinski definition) is 1. The molecule has 1 saturated heterocycles. The number of hydrogen-bond acceptors (Lipinski definition) is 6. The second-order valence-electron chi connectivity index (χ2n) is 6.24. The van der Waals surface area contributed by atoms with Crippen LogP contribution in [0.15, 0.2) is 36.8 Å². The van der Waals surface area contributed by atoms with Crippen molar-refractivity contribution >= 4 is 11.9 Å². The second kappa shape index (κ2) is 6.52. The molecule has 1 aliphatic rings. The molecule has 2 aromatic heterocycles. The Morgan fingerprint density at radius 1 is 1.29 bits per heavy atom. The minimum absolute atomic E-state index is 0.136. The summed E-state index contributed by atoms with van der Waals surface area (Å²) in [6.07, 6.45) is 5.59. The molecule has 2 aromatic rings. The summed E-state index contributed by atoms with van der Waals surface area (Å²) in [5.41, 5.74) is 0.275. The maximum Gasteiger partial charge on any atom is 0.255 e. The van der Waals surface area contributed by atoms with Gasteiger partial charge in [0, 0.05) is 37.9 Å². The van der Waals surface area contributed by atoms with Crippen molar-refractivity contribution in [3.05, 3.63) is 48.0 Å². The molecular formula is C17H21N5O2. The zero-order valence-electron chi connectivity index (χ0n) is 13.9. The number of rotatable bonds is 4. The van der Waals surface area contributed by atoms with Crippen molar-refractivity contribution in [3.63, 3.8) is 0 Å². The smallest absolute Gasteiger partial charge is 0.255 e. The third-order valence-electron chi connectivity index (χ3n) is 4.28. The zero-order valence-corrected chi connectivity index (χ0v) is 13.9. The molecule has 3 rings (SSSR count). The minimum atomic E-state index is -0.972. The van der Waals surface area contributed by atoms with Crippen molar-refractivity contribution in [2.45, 2.75) is 18.9 Å². The lowest BCUT2D eigenvalue weighted by molar-refractivity contribution is 0.0263. The Morgan fingerprint density at radius 3 is 2.71 bits per heavy atom. The lowest BCUT2D eigenvalue weighted by atomic mass is 10.0. The number of amides is 1. The van der Waals surface area contributed by atoms with Crippen molar-refractivity contribution in [2.75, 3.05) is 31.6 Å². The zero-order chi connectivity index (χ0) is 17.2. The molecule has 3 heterocycles. The van der Waals surface area contributed by atoms with Crippen molar-refractivity contribution in [1.29, 1.82) is 0 Å².